The first-order valence-corrected chi connectivity index (χ1v) is 9.36. The van der Waals surface area contributed by atoms with Gasteiger partial charge in [0, 0.05) is 24.9 Å². The summed E-state index contributed by atoms with van der Waals surface area (Å²) in [6, 6.07) is 13.2. The minimum Gasteiger partial charge on any atom is -0.460 e. The van der Waals surface area contributed by atoms with Gasteiger partial charge in [-0.15, -0.1) is 0 Å². The highest BCUT2D eigenvalue weighted by molar-refractivity contribution is 5.94. The van der Waals surface area contributed by atoms with Crippen molar-refractivity contribution in [1.82, 2.24) is 9.55 Å². The number of hydrogen-bond acceptors (Lipinski definition) is 7. The fourth-order valence-electron chi connectivity index (χ4n) is 3.65. The van der Waals surface area contributed by atoms with E-state index in [2.05, 4.69) is 10.3 Å². The molecule has 30 heavy (non-hydrogen) atoms. The van der Waals surface area contributed by atoms with Crippen molar-refractivity contribution >= 4 is 28.6 Å². The number of imidazole rings is 1. The van der Waals surface area contributed by atoms with Crippen LogP contribution in [-0.2, 0) is 14.3 Å². The van der Waals surface area contributed by atoms with Crippen molar-refractivity contribution in [2.75, 3.05) is 25.6 Å². The van der Waals surface area contributed by atoms with E-state index in [1.54, 1.807) is 19.1 Å². The molecular weight excluding hydrogens is 388 g/mol. The lowest BCUT2D eigenvalue weighted by Gasteiger charge is -2.30. The molecule has 2 heterocycles. The first-order chi connectivity index (χ1) is 14.5. The molecule has 0 fully saturated rings. The van der Waals surface area contributed by atoms with E-state index in [9.17, 15) is 14.9 Å². The maximum absolute atomic E-state index is 13.0. The highest BCUT2D eigenvalue weighted by atomic mass is 16.6. The van der Waals surface area contributed by atoms with Crippen molar-refractivity contribution in [3.8, 4) is 0 Å². The third-order valence-electron chi connectivity index (χ3n) is 4.97. The largest absolute Gasteiger partial charge is 0.460 e. The van der Waals surface area contributed by atoms with Gasteiger partial charge < -0.3 is 14.8 Å². The van der Waals surface area contributed by atoms with Crippen molar-refractivity contribution in [1.29, 1.82) is 0 Å². The van der Waals surface area contributed by atoms with Crippen molar-refractivity contribution in [3.05, 3.63) is 75.5 Å². The van der Waals surface area contributed by atoms with Gasteiger partial charge in [-0.05, 0) is 24.6 Å². The Morgan fingerprint density at radius 2 is 2.03 bits per heavy atom. The standard InChI is InChI=1S/C21H20N4O5/c1-13-18(20(26)30-11-10-29-2)19(14-6-5-7-15(12-14)25(27)28)24-17-9-4-3-8-16(17)23-21(24)22-13/h3-9,12,19H,10-11H2,1-2H3,(H,22,23). The zero-order chi connectivity index (χ0) is 21.3. The van der Waals surface area contributed by atoms with Crippen LogP contribution in [0, 0.1) is 10.1 Å². The topological polar surface area (TPSA) is 109 Å². The van der Waals surface area contributed by atoms with Crippen LogP contribution < -0.4 is 5.32 Å². The van der Waals surface area contributed by atoms with Crippen molar-refractivity contribution < 1.29 is 19.2 Å². The summed E-state index contributed by atoms with van der Waals surface area (Å²) in [5, 5.41) is 14.5. The lowest BCUT2D eigenvalue weighted by atomic mass is 9.94. The lowest BCUT2D eigenvalue weighted by molar-refractivity contribution is -0.384. The number of nitro groups is 1. The molecule has 1 aliphatic heterocycles. The molecule has 0 saturated carbocycles. The Morgan fingerprint density at radius 1 is 1.23 bits per heavy atom. The van der Waals surface area contributed by atoms with Crippen molar-refractivity contribution in [3.63, 3.8) is 0 Å². The van der Waals surface area contributed by atoms with Crippen LogP contribution in [0.5, 0.6) is 0 Å². The molecule has 3 aromatic rings. The number of carbonyl (C=O) groups excluding carboxylic acids is 1. The van der Waals surface area contributed by atoms with Gasteiger partial charge in [0.05, 0.1) is 34.2 Å². The molecule has 1 atom stereocenters. The summed E-state index contributed by atoms with van der Waals surface area (Å²) in [6.45, 7) is 2.14. The van der Waals surface area contributed by atoms with Gasteiger partial charge in [-0.25, -0.2) is 9.78 Å². The average molecular weight is 408 g/mol. The molecule has 1 N–H and O–H groups in total. The van der Waals surface area contributed by atoms with Gasteiger partial charge in [0.2, 0.25) is 5.95 Å². The Kier molecular flexibility index (Phi) is 5.20. The number of esters is 1. The number of rotatable bonds is 6. The number of hydrogen-bond donors (Lipinski definition) is 1. The summed E-state index contributed by atoms with van der Waals surface area (Å²) >= 11 is 0. The Morgan fingerprint density at radius 3 is 2.80 bits per heavy atom. The second-order valence-corrected chi connectivity index (χ2v) is 6.84. The van der Waals surface area contributed by atoms with Gasteiger partial charge >= 0.3 is 5.97 Å². The van der Waals surface area contributed by atoms with E-state index in [-0.39, 0.29) is 18.9 Å². The van der Waals surface area contributed by atoms with E-state index in [0.717, 1.165) is 11.0 Å². The van der Waals surface area contributed by atoms with Gasteiger partial charge in [-0.2, -0.15) is 0 Å². The molecule has 0 saturated heterocycles. The zero-order valence-corrected chi connectivity index (χ0v) is 16.5. The third kappa shape index (κ3) is 3.39. The number of para-hydroxylation sites is 2. The molecule has 9 heteroatoms. The summed E-state index contributed by atoms with van der Waals surface area (Å²) in [5.74, 6) is 0.0376. The number of carbonyl (C=O) groups is 1. The van der Waals surface area contributed by atoms with Crippen molar-refractivity contribution in [2.24, 2.45) is 0 Å². The number of nitrogens with zero attached hydrogens (tertiary/aromatic N) is 3. The smallest absolute Gasteiger partial charge is 0.338 e. The molecule has 0 amide bonds. The fourth-order valence-corrected chi connectivity index (χ4v) is 3.65. The molecule has 154 valence electrons. The second kappa shape index (κ2) is 7.96. The number of allylic oxidation sites excluding steroid dienone is 1. The van der Waals surface area contributed by atoms with E-state index in [0.29, 0.717) is 22.8 Å². The molecule has 0 spiro atoms. The molecule has 0 aliphatic carbocycles. The number of nitrogens with one attached hydrogen (secondary N) is 1. The number of nitro benzene ring substituents is 1. The maximum Gasteiger partial charge on any atom is 0.338 e. The van der Waals surface area contributed by atoms with Gasteiger partial charge in [-0.1, -0.05) is 24.3 Å². The van der Waals surface area contributed by atoms with Crippen LogP contribution in [0.2, 0.25) is 0 Å². The first-order valence-electron chi connectivity index (χ1n) is 9.36. The van der Waals surface area contributed by atoms with Crippen LogP contribution in [0.25, 0.3) is 11.0 Å². The molecule has 4 rings (SSSR count). The zero-order valence-electron chi connectivity index (χ0n) is 16.5. The predicted molar refractivity (Wildman–Crippen MR) is 110 cm³/mol. The van der Waals surface area contributed by atoms with Crippen LogP contribution in [-0.4, -0.2) is 40.8 Å². The van der Waals surface area contributed by atoms with Crippen LogP contribution in [0.3, 0.4) is 0 Å². The summed E-state index contributed by atoms with van der Waals surface area (Å²) in [5.41, 5.74) is 3.03. The Bertz CT molecular complexity index is 1170. The first kappa shape index (κ1) is 19.6. The minimum absolute atomic E-state index is 0.0539. The molecule has 0 bridgehead atoms. The Hall–Kier alpha value is -3.72. The van der Waals surface area contributed by atoms with Crippen molar-refractivity contribution in [2.45, 2.75) is 13.0 Å². The normalized spacial score (nSPS) is 15.6. The lowest BCUT2D eigenvalue weighted by Crippen LogP contribution is -2.29. The summed E-state index contributed by atoms with van der Waals surface area (Å²) in [4.78, 5) is 28.5. The number of anilines is 1. The second-order valence-electron chi connectivity index (χ2n) is 6.84. The van der Waals surface area contributed by atoms with Gasteiger partial charge in [0.1, 0.15) is 6.61 Å². The fraction of sp³-hybridized carbons (Fsp3) is 0.238. The predicted octanol–water partition coefficient (Wildman–Crippen LogP) is 3.42. The average Bonchev–Trinajstić information content (AvgIpc) is 3.10. The Labute approximate surface area is 172 Å². The van der Waals surface area contributed by atoms with Gasteiger partial charge in [0.15, 0.2) is 0 Å². The number of aromatic nitrogens is 2. The van der Waals surface area contributed by atoms with Crippen LogP contribution in [0.1, 0.15) is 18.5 Å². The Balaban J connectivity index is 1.89. The number of non-ortho nitro benzene ring substituents is 1. The van der Waals surface area contributed by atoms with Crippen LogP contribution in [0.15, 0.2) is 59.8 Å². The summed E-state index contributed by atoms with van der Waals surface area (Å²) in [6.07, 6.45) is 0. The van der Waals surface area contributed by atoms with Gasteiger partial charge in [-0.3, -0.25) is 14.7 Å². The van der Waals surface area contributed by atoms with Gasteiger partial charge in [0.25, 0.3) is 5.69 Å². The highest BCUT2D eigenvalue weighted by Gasteiger charge is 2.35. The minimum atomic E-state index is -0.636. The summed E-state index contributed by atoms with van der Waals surface area (Å²) in [7, 11) is 1.52. The maximum atomic E-state index is 13.0. The number of methoxy groups -OCH3 is 1. The van der Waals surface area contributed by atoms with E-state index < -0.39 is 16.9 Å². The van der Waals surface area contributed by atoms with E-state index in [1.807, 2.05) is 28.8 Å². The van der Waals surface area contributed by atoms with Crippen LogP contribution >= 0.6 is 0 Å². The molecule has 9 nitrogen and oxygen atoms in total. The number of fused-ring (bicyclic) bond motifs is 3. The third-order valence-corrected chi connectivity index (χ3v) is 4.97. The SMILES string of the molecule is COCCOC(=O)C1=C(C)Nc2nc3ccccc3n2C1c1cccc([N+](=O)[O-])c1. The number of benzene rings is 2. The van der Waals surface area contributed by atoms with Crippen LogP contribution in [0.4, 0.5) is 11.6 Å². The molecule has 1 unspecified atom stereocenters. The van der Waals surface area contributed by atoms with E-state index in [1.165, 1.54) is 19.2 Å². The van der Waals surface area contributed by atoms with E-state index >= 15 is 0 Å². The van der Waals surface area contributed by atoms with E-state index in [4.69, 9.17) is 9.47 Å². The number of ether oxygens (including phenoxy) is 2. The quantitative estimate of drug-likeness (QED) is 0.288. The molecule has 1 aromatic heterocycles. The molecule has 2 aromatic carbocycles. The highest BCUT2D eigenvalue weighted by Crippen LogP contribution is 2.40. The molecule has 0 radical (unpaired) electrons. The molecule has 1 aliphatic rings. The monoisotopic (exact) mass is 408 g/mol. The summed E-state index contributed by atoms with van der Waals surface area (Å²) < 4.78 is 12.2. The molecular formula is C21H20N4O5.